The largest absolute Gasteiger partial charge is 0.394 e. The van der Waals surface area contributed by atoms with Gasteiger partial charge in [-0.05, 0) is 38.0 Å². The molecule has 1 heterocycles. The van der Waals surface area contributed by atoms with Crippen LogP contribution in [0.3, 0.4) is 0 Å². The molecule has 0 amide bonds. The summed E-state index contributed by atoms with van der Waals surface area (Å²) in [7, 11) is 0. The van der Waals surface area contributed by atoms with Crippen molar-refractivity contribution in [2.75, 3.05) is 17.6 Å². The van der Waals surface area contributed by atoms with Gasteiger partial charge in [0.1, 0.15) is 17.5 Å². The normalized spacial score (nSPS) is 10.8. The van der Waals surface area contributed by atoms with Crippen molar-refractivity contribution in [2.45, 2.75) is 26.8 Å². The number of aryl methyl sites for hydroxylation is 2. The number of nitrogen functional groups attached to an aromatic ring is 1. The third-order valence-corrected chi connectivity index (χ3v) is 3.10. The van der Waals surface area contributed by atoms with Crippen LogP contribution in [-0.4, -0.2) is 16.3 Å². The van der Waals surface area contributed by atoms with E-state index in [9.17, 15) is 8.78 Å². The molecule has 0 fully saturated rings. The number of benzene rings is 1. The number of anilines is 2. The summed E-state index contributed by atoms with van der Waals surface area (Å²) in [4.78, 5) is 0. The number of nitrogens with zero attached hydrogens (tertiary/aromatic N) is 2. The van der Waals surface area contributed by atoms with Crippen LogP contribution < -0.4 is 11.1 Å². The van der Waals surface area contributed by atoms with Crippen LogP contribution in [0.4, 0.5) is 20.3 Å². The van der Waals surface area contributed by atoms with E-state index in [0.717, 1.165) is 17.6 Å². The Morgan fingerprint density at radius 2 is 1.90 bits per heavy atom. The Labute approximate surface area is 116 Å². The Hall–Kier alpha value is -2.11. The second kappa shape index (κ2) is 5.90. The summed E-state index contributed by atoms with van der Waals surface area (Å²) in [6.07, 6.45) is 0.502. The molecule has 1 aromatic carbocycles. The molecule has 0 aliphatic heterocycles. The van der Waals surface area contributed by atoms with Crippen molar-refractivity contribution in [2.24, 2.45) is 0 Å². The van der Waals surface area contributed by atoms with E-state index in [-0.39, 0.29) is 0 Å². The number of nitrogens with two attached hydrogens (primary N) is 1. The molecule has 20 heavy (non-hydrogen) atoms. The maximum Gasteiger partial charge on any atom is 0.148 e. The summed E-state index contributed by atoms with van der Waals surface area (Å²) < 4.78 is 27.9. The molecule has 0 spiro atoms. The number of nitrogens with one attached hydrogen (secondary N) is 1. The Kier molecular flexibility index (Phi) is 4.22. The van der Waals surface area contributed by atoms with E-state index >= 15 is 0 Å². The van der Waals surface area contributed by atoms with Crippen LogP contribution in [0.2, 0.25) is 0 Å². The molecule has 0 bridgehead atoms. The molecule has 108 valence electrons. The van der Waals surface area contributed by atoms with Crippen LogP contribution in [-0.2, 0) is 13.0 Å². The minimum atomic E-state index is -0.561. The van der Waals surface area contributed by atoms with Gasteiger partial charge in [-0.15, -0.1) is 0 Å². The van der Waals surface area contributed by atoms with E-state index in [2.05, 4.69) is 10.4 Å². The average molecular weight is 280 g/mol. The van der Waals surface area contributed by atoms with E-state index in [0.29, 0.717) is 30.8 Å². The zero-order valence-electron chi connectivity index (χ0n) is 11.6. The Bertz CT molecular complexity index is 587. The molecule has 0 saturated heterocycles. The summed E-state index contributed by atoms with van der Waals surface area (Å²) >= 11 is 0. The molecule has 6 heteroatoms. The van der Waals surface area contributed by atoms with Crippen LogP contribution in [0.25, 0.3) is 0 Å². The summed E-state index contributed by atoms with van der Waals surface area (Å²) in [6.45, 7) is 5.04. The molecule has 0 aliphatic rings. The molecule has 2 aromatic rings. The minimum absolute atomic E-state index is 0.502. The molecule has 2 rings (SSSR count). The lowest BCUT2D eigenvalue weighted by molar-refractivity contribution is 0.579. The summed E-state index contributed by atoms with van der Waals surface area (Å²) in [6, 6.07) is 3.53. The monoisotopic (exact) mass is 280 g/mol. The molecule has 0 saturated carbocycles. The Balaban J connectivity index is 2.02. The lowest BCUT2D eigenvalue weighted by Crippen LogP contribution is -2.11. The SMILES string of the molecule is CCn1nc(C)c(N)c1NCCc1cc(F)cc(F)c1. The second-order valence-electron chi connectivity index (χ2n) is 4.62. The van der Waals surface area contributed by atoms with Gasteiger partial charge >= 0.3 is 0 Å². The standard InChI is InChI=1S/C14H18F2N4/c1-3-20-14(13(17)9(2)19-20)18-5-4-10-6-11(15)8-12(16)7-10/h6-8,18H,3-5,17H2,1-2H3. The van der Waals surface area contributed by atoms with Gasteiger partial charge in [-0.1, -0.05) is 0 Å². The van der Waals surface area contributed by atoms with E-state index in [1.54, 1.807) is 4.68 Å². The topological polar surface area (TPSA) is 55.9 Å². The first-order chi connectivity index (χ1) is 9.51. The number of hydrogen-bond acceptors (Lipinski definition) is 3. The number of halogens is 2. The zero-order chi connectivity index (χ0) is 14.7. The van der Waals surface area contributed by atoms with Crippen molar-refractivity contribution in [3.8, 4) is 0 Å². The van der Waals surface area contributed by atoms with Gasteiger partial charge in [-0.2, -0.15) is 5.10 Å². The first-order valence-electron chi connectivity index (χ1n) is 6.53. The molecule has 0 radical (unpaired) electrons. The lowest BCUT2D eigenvalue weighted by Gasteiger charge is -2.09. The quantitative estimate of drug-likeness (QED) is 0.885. The minimum Gasteiger partial charge on any atom is -0.394 e. The van der Waals surface area contributed by atoms with Gasteiger partial charge in [-0.25, -0.2) is 13.5 Å². The van der Waals surface area contributed by atoms with Crippen LogP contribution in [0, 0.1) is 18.6 Å². The van der Waals surface area contributed by atoms with Gasteiger partial charge < -0.3 is 11.1 Å². The van der Waals surface area contributed by atoms with Gasteiger partial charge in [0.05, 0.1) is 11.4 Å². The van der Waals surface area contributed by atoms with E-state index in [1.165, 1.54) is 12.1 Å². The number of aromatic nitrogens is 2. The number of hydrogen-bond donors (Lipinski definition) is 2. The van der Waals surface area contributed by atoms with Crippen molar-refractivity contribution >= 4 is 11.5 Å². The highest BCUT2D eigenvalue weighted by molar-refractivity contribution is 5.64. The first kappa shape index (κ1) is 14.3. The lowest BCUT2D eigenvalue weighted by atomic mass is 10.1. The van der Waals surface area contributed by atoms with Gasteiger partial charge in [-0.3, -0.25) is 0 Å². The van der Waals surface area contributed by atoms with Crippen molar-refractivity contribution in [3.63, 3.8) is 0 Å². The molecule has 4 nitrogen and oxygen atoms in total. The van der Waals surface area contributed by atoms with Gasteiger partial charge in [0.15, 0.2) is 0 Å². The summed E-state index contributed by atoms with van der Waals surface area (Å²) in [5.74, 6) is -0.371. The Morgan fingerprint density at radius 1 is 1.25 bits per heavy atom. The maximum atomic E-state index is 13.1. The van der Waals surface area contributed by atoms with Crippen molar-refractivity contribution in [1.82, 2.24) is 9.78 Å². The molecule has 0 atom stereocenters. The molecular weight excluding hydrogens is 262 g/mol. The third-order valence-electron chi connectivity index (χ3n) is 3.10. The molecule has 0 unspecified atom stereocenters. The van der Waals surface area contributed by atoms with Crippen LogP contribution in [0.5, 0.6) is 0 Å². The van der Waals surface area contributed by atoms with Gasteiger partial charge in [0.25, 0.3) is 0 Å². The van der Waals surface area contributed by atoms with E-state index in [4.69, 9.17) is 5.73 Å². The highest BCUT2D eigenvalue weighted by Gasteiger charge is 2.10. The molecular formula is C14H18F2N4. The smallest absolute Gasteiger partial charge is 0.148 e. The first-order valence-corrected chi connectivity index (χ1v) is 6.53. The van der Waals surface area contributed by atoms with Crippen molar-refractivity contribution in [3.05, 3.63) is 41.1 Å². The summed E-state index contributed by atoms with van der Waals surface area (Å²) in [5, 5.41) is 7.46. The van der Waals surface area contributed by atoms with Crippen LogP contribution in [0.15, 0.2) is 18.2 Å². The zero-order valence-corrected chi connectivity index (χ0v) is 11.6. The fraction of sp³-hybridized carbons (Fsp3) is 0.357. The van der Waals surface area contributed by atoms with Crippen molar-refractivity contribution < 1.29 is 8.78 Å². The second-order valence-corrected chi connectivity index (χ2v) is 4.62. The number of rotatable bonds is 5. The molecule has 1 aromatic heterocycles. The summed E-state index contributed by atoms with van der Waals surface area (Å²) in [5.41, 5.74) is 7.92. The van der Waals surface area contributed by atoms with Gasteiger partial charge in [0.2, 0.25) is 0 Å². The highest BCUT2D eigenvalue weighted by atomic mass is 19.1. The fourth-order valence-corrected chi connectivity index (χ4v) is 2.09. The molecule has 3 N–H and O–H groups in total. The van der Waals surface area contributed by atoms with E-state index in [1.807, 2.05) is 13.8 Å². The average Bonchev–Trinajstić information content (AvgIpc) is 2.65. The van der Waals surface area contributed by atoms with Crippen LogP contribution >= 0.6 is 0 Å². The third kappa shape index (κ3) is 3.07. The fourth-order valence-electron chi connectivity index (χ4n) is 2.09. The van der Waals surface area contributed by atoms with Crippen molar-refractivity contribution in [1.29, 1.82) is 0 Å². The van der Waals surface area contributed by atoms with Gasteiger partial charge in [0, 0.05) is 19.2 Å². The maximum absolute atomic E-state index is 13.1. The highest BCUT2D eigenvalue weighted by Crippen LogP contribution is 2.22. The predicted molar refractivity (Wildman–Crippen MR) is 75.6 cm³/mol. The van der Waals surface area contributed by atoms with Crippen LogP contribution in [0.1, 0.15) is 18.2 Å². The Morgan fingerprint density at radius 3 is 2.50 bits per heavy atom. The predicted octanol–water partition coefficient (Wildman–Crippen LogP) is 2.73. The molecule has 0 aliphatic carbocycles. The van der Waals surface area contributed by atoms with E-state index < -0.39 is 11.6 Å².